The molecule has 15 nitrogen and oxygen atoms in total. The van der Waals surface area contributed by atoms with Gasteiger partial charge in [0.25, 0.3) is 0 Å². The summed E-state index contributed by atoms with van der Waals surface area (Å²) >= 11 is 3.57. The number of rotatable bonds is 20. The molecule has 0 unspecified atom stereocenters. The fourth-order valence-corrected chi connectivity index (χ4v) is 2.76. The van der Waals surface area contributed by atoms with Crippen LogP contribution in [0.1, 0.15) is 38.5 Å². The van der Waals surface area contributed by atoms with Crippen LogP contribution >= 0.6 is 12.6 Å². The molecule has 16 heteroatoms. The van der Waals surface area contributed by atoms with Crippen molar-refractivity contribution in [3.63, 3.8) is 0 Å². The first-order chi connectivity index (χ1) is 15.8. The second-order valence-corrected chi connectivity index (χ2v) is 7.90. The Morgan fingerprint density at radius 3 is 2.03 bits per heavy atom. The quantitative estimate of drug-likeness (QED) is 0.0245. The highest BCUT2D eigenvalue weighted by atomic mass is 32.1. The average Bonchev–Trinajstić information content (AvgIpc) is 2.74. The average molecular weight is 507 g/mol. The van der Waals surface area contributed by atoms with E-state index in [2.05, 4.69) is 34.1 Å². The molecule has 0 radical (unpaired) electrons. The lowest BCUT2D eigenvalue weighted by atomic mass is 9.96. The van der Waals surface area contributed by atoms with E-state index < -0.39 is 58.9 Å². The van der Waals surface area contributed by atoms with Gasteiger partial charge in [-0.3, -0.25) is 34.1 Å². The summed E-state index contributed by atoms with van der Waals surface area (Å²) in [6, 6.07) is -3.75. The summed E-state index contributed by atoms with van der Waals surface area (Å²) in [5, 5.41) is 13.3. The number of nitrogens with one attached hydrogen (secondary N) is 4. The molecule has 0 bridgehead atoms. The van der Waals surface area contributed by atoms with E-state index in [1.807, 2.05) is 0 Å². The number of ketones is 2. The summed E-state index contributed by atoms with van der Waals surface area (Å²) in [6.45, 7) is -0.00714. The predicted molar refractivity (Wildman–Crippen MR) is 124 cm³/mol. The van der Waals surface area contributed by atoms with Crippen LogP contribution in [0.3, 0.4) is 0 Å². The van der Waals surface area contributed by atoms with Gasteiger partial charge in [-0.15, -0.1) is 12.6 Å². The van der Waals surface area contributed by atoms with Crippen molar-refractivity contribution in [3.8, 4) is 0 Å². The van der Waals surface area contributed by atoms with E-state index in [0.717, 1.165) is 0 Å². The first-order valence-corrected chi connectivity index (χ1v) is 10.9. The second kappa shape index (κ2) is 17.0. The Morgan fingerprint density at radius 2 is 1.50 bits per heavy atom. The van der Waals surface area contributed by atoms with Crippen LogP contribution in [0, 0.1) is 0 Å². The predicted octanol–water partition coefficient (Wildman–Crippen LogP) is -4.44. The number of carbonyl (C=O) groups excluding carboxylic acids is 5. The van der Waals surface area contributed by atoms with Crippen molar-refractivity contribution in [2.75, 3.05) is 13.1 Å². The number of amides is 2. The normalized spacial score (nSPS) is 13.7. The molecule has 0 aliphatic rings. The molecule has 13 N–H and O–H groups in total. The number of carboxylic acid groups (broad SMARTS) is 1. The molecule has 0 aromatic rings. The number of primary amides is 1. The fraction of sp³-hybridized carbons (Fsp3) is 0.667. The molecule has 0 rings (SSSR count). The molecule has 3 atom stereocenters. The third kappa shape index (κ3) is 14.6. The summed E-state index contributed by atoms with van der Waals surface area (Å²) in [6.07, 6.45) is -1.45. The smallest absolute Gasteiger partial charge is 0.303 e. The van der Waals surface area contributed by atoms with Crippen LogP contribution in [0.5, 0.6) is 0 Å². The summed E-state index contributed by atoms with van der Waals surface area (Å²) in [5.41, 5.74) is 26.5. The number of carbonyl (C=O) groups is 6. The number of nitrogens with two attached hydrogens (primary N) is 4. The van der Waals surface area contributed by atoms with E-state index in [4.69, 9.17) is 28.0 Å². The zero-order chi connectivity index (χ0) is 26.3. The molecule has 2 amide bonds. The topological polar surface area (TPSA) is 275 Å². The van der Waals surface area contributed by atoms with Crippen molar-refractivity contribution in [1.82, 2.24) is 21.5 Å². The van der Waals surface area contributed by atoms with Gasteiger partial charge >= 0.3 is 5.97 Å². The van der Waals surface area contributed by atoms with Gasteiger partial charge in [-0.25, -0.2) is 10.9 Å². The molecule has 0 heterocycles. The van der Waals surface area contributed by atoms with Crippen LogP contribution in [0.2, 0.25) is 0 Å². The Labute approximate surface area is 201 Å². The minimum Gasteiger partial charge on any atom is -0.481 e. The zero-order valence-electron chi connectivity index (χ0n) is 18.6. The van der Waals surface area contributed by atoms with Crippen molar-refractivity contribution in [2.24, 2.45) is 22.9 Å². The van der Waals surface area contributed by atoms with Crippen LogP contribution in [0.25, 0.3) is 0 Å². The van der Waals surface area contributed by atoms with Crippen molar-refractivity contribution < 1.29 is 33.9 Å². The van der Waals surface area contributed by atoms with Crippen LogP contribution in [0.15, 0.2) is 0 Å². The number of thiol groups is 1. The number of Topliss-reactive ketones (excluding diaryl/α,β-unsaturated/α-hetero) is 2. The van der Waals surface area contributed by atoms with Crippen molar-refractivity contribution in [3.05, 3.63) is 0 Å². The van der Waals surface area contributed by atoms with Crippen molar-refractivity contribution >= 4 is 47.1 Å². The fourth-order valence-electron chi connectivity index (χ4n) is 2.68. The van der Waals surface area contributed by atoms with Gasteiger partial charge in [0.1, 0.15) is 6.29 Å². The molecule has 194 valence electrons. The third-order valence-electron chi connectivity index (χ3n) is 4.44. The third-order valence-corrected chi connectivity index (χ3v) is 4.60. The molecule has 0 saturated carbocycles. The Kier molecular flexibility index (Phi) is 15.8. The van der Waals surface area contributed by atoms with E-state index in [9.17, 15) is 28.8 Å². The Hall–Kier alpha value is -2.47. The van der Waals surface area contributed by atoms with Crippen LogP contribution < -0.4 is 44.4 Å². The van der Waals surface area contributed by atoms with Gasteiger partial charge in [-0.1, -0.05) is 0 Å². The maximum absolute atomic E-state index is 12.9. The minimum atomic E-state index is -1.30. The van der Waals surface area contributed by atoms with Crippen LogP contribution in [0.4, 0.5) is 0 Å². The Balaban J connectivity index is 5.42. The van der Waals surface area contributed by atoms with Crippen LogP contribution in [-0.2, 0) is 28.8 Å². The summed E-state index contributed by atoms with van der Waals surface area (Å²) < 4.78 is 0. The highest BCUT2D eigenvalue weighted by molar-refractivity contribution is 7.96. The second-order valence-electron chi connectivity index (χ2n) is 7.40. The van der Waals surface area contributed by atoms with Gasteiger partial charge in [0, 0.05) is 12.8 Å². The number of hydrogen-bond donors (Lipinski definition) is 10. The number of hydrazine groups is 1. The number of hydrogen-bond acceptors (Lipinski definition) is 12. The minimum absolute atomic E-state index is 0.00672. The van der Waals surface area contributed by atoms with Crippen LogP contribution in [-0.4, -0.2) is 77.1 Å². The molecular weight excluding hydrogens is 472 g/mol. The summed E-state index contributed by atoms with van der Waals surface area (Å²) in [7, 11) is 0. The number of aliphatic carboxylic acids is 1. The van der Waals surface area contributed by atoms with Gasteiger partial charge < -0.3 is 33.4 Å². The molecule has 0 fully saturated rings. The van der Waals surface area contributed by atoms with Gasteiger partial charge in [0.2, 0.25) is 28.5 Å². The monoisotopic (exact) mass is 506 g/mol. The summed E-state index contributed by atoms with van der Waals surface area (Å²) in [5.74, 6) is -4.64. The van der Waals surface area contributed by atoms with E-state index in [0.29, 0.717) is 0 Å². The van der Waals surface area contributed by atoms with Crippen molar-refractivity contribution in [2.45, 2.75) is 62.9 Å². The van der Waals surface area contributed by atoms with E-state index >= 15 is 0 Å². The van der Waals surface area contributed by atoms with Gasteiger partial charge in [0.05, 0.1) is 24.7 Å². The molecular formula is C18H34N8O7S. The molecule has 0 aromatic heterocycles. The lowest BCUT2D eigenvalue weighted by molar-refractivity contribution is -0.140. The molecule has 0 aromatic carbocycles. The van der Waals surface area contributed by atoms with Gasteiger partial charge in [-0.2, -0.15) is 0 Å². The highest BCUT2D eigenvalue weighted by Crippen LogP contribution is 2.07. The number of carboxylic acids is 1. The lowest BCUT2D eigenvalue weighted by Crippen LogP contribution is -2.55. The molecule has 0 aliphatic carbocycles. The standard InChI is InChI=1S/C18H34N8O7S/c19-9(3-6-13(28)29)17(33)25-10(2-1-7-23-18(21)22)15(31)16(32)11(4-5-12(20)27)26-24-8-14(30)34/h9-11,18,23-24,26H,1-8,19,21-22H2,(H2,20,27)(H,25,33)(H,28,29)(H,30,34)/t9-,10-,11-/m0/s1. The maximum Gasteiger partial charge on any atom is 0.303 e. The highest BCUT2D eigenvalue weighted by Gasteiger charge is 2.33. The Morgan fingerprint density at radius 1 is 0.882 bits per heavy atom. The molecule has 0 saturated heterocycles. The lowest BCUT2D eigenvalue weighted by Gasteiger charge is -2.23. The summed E-state index contributed by atoms with van der Waals surface area (Å²) in [4.78, 5) is 71.0. The van der Waals surface area contributed by atoms with Gasteiger partial charge in [-0.05, 0) is 32.2 Å². The molecule has 0 aliphatic heterocycles. The van der Waals surface area contributed by atoms with E-state index in [-0.39, 0.29) is 51.6 Å². The molecule has 34 heavy (non-hydrogen) atoms. The molecule has 0 spiro atoms. The van der Waals surface area contributed by atoms with Crippen molar-refractivity contribution in [1.29, 1.82) is 0 Å². The zero-order valence-corrected chi connectivity index (χ0v) is 19.5. The first kappa shape index (κ1) is 31.5. The maximum atomic E-state index is 12.9. The Bertz CT molecular complexity index is 737. The SMILES string of the molecule is NC(=O)CC[C@H](NNCC(=O)S)C(=O)C(=O)[C@H](CCCNC(N)N)NC(=O)[C@@H](N)CCC(=O)O. The van der Waals surface area contributed by atoms with Gasteiger partial charge in [0.15, 0.2) is 0 Å². The van der Waals surface area contributed by atoms with E-state index in [1.54, 1.807) is 0 Å². The van der Waals surface area contributed by atoms with E-state index in [1.165, 1.54) is 0 Å². The largest absolute Gasteiger partial charge is 0.481 e. The first-order valence-electron chi connectivity index (χ1n) is 10.4.